The van der Waals surface area contributed by atoms with Crippen molar-refractivity contribution in [2.75, 3.05) is 11.5 Å². The molecule has 0 saturated heterocycles. The normalized spacial score (nSPS) is 12.7. The second kappa shape index (κ2) is 11.3. The number of rotatable bonds is 11. The van der Waals surface area contributed by atoms with E-state index < -0.39 is 20.2 Å². The van der Waals surface area contributed by atoms with Crippen LogP contribution in [0.4, 0.5) is 10.5 Å². The molecule has 1 unspecified atom stereocenters. The van der Waals surface area contributed by atoms with Crippen LogP contribution in [0.2, 0.25) is 25.7 Å². The maximum Gasteiger partial charge on any atom is 0.412 e. The molecule has 2 aromatic heterocycles. The van der Waals surface area contributed by atoms with Crippen molar-refractivity contribution in [1.29, 1.82) is 0 Å². The van der Waals surface area contributed by atoms with Crippen LogP contribution in [0.1, 0.15) is 29.9 Å². The first-order chi connectivity index (χ1) is 17.6. The van der Waals surface area contributed by atoms with Gasteiger partial charge < -0.3 is 14.4 Å². The van der Waals surface area contributed by atoms with Crippen LogP contribution in [0.15, 0.2) is 61.1 Å². The van der Waals surface area contributed by atoms with Gasteiger partial charge in [0, 0.05) is 50.9 Å². The number of fused-ring (bicyclic) bond motifs is 1. The van der Waals surface area contributed by atoms with Crippen LogP contribution < -0.4 is 4.90 Å². The summed E-state index contributed by atoms with van der Waals surface area (Å²) in [4.78, 5) is 18.4. The Kier molecular flexibility index (Phi) is 8.14. The number of hydrogen-bond acceptors (Lipinski definition) is 4. The number of amides is 1. The summed E-state index contributed by atoms with van der Waals surface area (Å²) < 4.78 is 9.68. The van der Waals surface area contributed by atoms with Crippen LogP contribution in [0.25, 0.3) is 10.9 Å². The largest absolute Gasteiger partial charge is 0.465 e. The lowest BCUT2D eigenvalue weighted by Gasteiger charge is -2.27. The lowest BCUT2D eigenvalue weighted by atomic mass is 10.1. The Balaban J connectivity index is 1.54. The third kappa shape index (κ3) is 6.67. The van der Waals surface area contributed by atoms with Crippen molar-refractivity contribution in [1.82, 2.24) is 19.3 Å². The van der Waals surface area contributed by atoms with Crippen molar-refractivity contribution in [3.63, 3.8) is 0 Å². The fourth-order valence-corrected chi connectivity index (χ4v) is 5.23. The summed E-state index contributed by atoms with van der Waals surface area (Å²) in [6, 6.07) is 14.6. The van der Waals surface area contributed by atoms with E-state index in [0.29, 0.717) is 18.2 Å². The molecule has 1 amide bonds. The fraction of sp³-hybridized carbons (Fsp3) is 0.393. The SMILES string of the molecule is Cc1cc(N(C(=O)O)C(C)c2nccn2CCc2ccccc2)cc2cn(COCC[Si](C)(C)C)nc12. The van der Waals surface area contributed by atoms with Gasteiger partial charge in [0.1, 0.15) is 12.6 Å². The Labute approximate surface area is 219 Å². The highest BCUT2D eigenvalue weighted by atomic mass is 28.3. The van der Waals surface area contributed by atoms with Crippen LogP contribution in [0.3, 0.4) is 0 Å². The van der Waals surface area contributed by atoms with Crippen molar-refractivity contribution < 1.29 is 14.6 Å². The Bertz CT molecular complexity index is 1340. The number of aromatic nitrogens is 4. The molecule has 1 atom stereocenters. The number of anilines is 1. The second-order valence-corrected chi connectivity index (χ2v) is 16.4. The van der Waals surface area contributed by atoms with E-state index in [2.05, 4.69) is 41.9 Å². The number of aryl methyl sites for hydroxylation is 3. The molecule has 2 heterocycles. The molecule has 0 bridgehead atoms. The first kappa shape index (κ1) is 26.6. The lowest BCUT2D eigenvalue weighted by Crippen LogP contribution is -2.34. The molecule has 0 radical (unpaired) electrons. The molecule has 0 aliphatic heterocycles. The summed E-state index contributed by atoms with van der Waals surface area (Å²) in [5.41, 5.74) is 3.59. The van der Waals surface area contributed by atoms with Gasteiger partial charge in [-0.05, 0) is 49.6 Å². The van der Waals surface area contributed by atoms with Crippen LogP contribution in [0, 0.1) is 6.92 Å². The molecule has 0 fully saturated rings. The minimum absolute atomic E-state index is 0.381. The molecule has 0 saturated carbocycles. The predicted molar refractivity (Wildman–Crippen MR) is 150 cm³/mol. The van der Waals surface area contributed by atoms with E-state index in [-0.39, 0.29) is 0 Å². The van der Waals surface area contributed by atoms with Gasteiger partial charge in [-0.15, -0.1) is 0 Å². The summed E-state index contributed by atoms with van der Waals surface area (Å²) in [6.07, 6.45) is 5.39. The van der Waals surface area contributed by atoms with Gasteiger partial charge >= 0.3 is 6.09 Å². The Morgan fingerprint density at radius 2 is 1.95 bits per heavy atom. The molecule has 0 aliphatic carbocycles. The number of hydrogen-bond donors (Lipinski definition) is 1. The monoisotopic (exact) mass is 519 g/mol. The molecule has 37 heavy (non-hydrogen) atoms. The van der Waals surface area contributed by atoms with Gasteiger partial charge in [-0.3, -0.25) is 4.90 Å². The van der Waals surface area contributed by atoms with E-state index in [1.807, 2.05) is 61.1 Å². The topological polar surface area (TPSA) is 85.4 Å². The van der Waals surface area contributed by atoms with Crippen LogP contribution in [-0.2, 0) is 24.4 Å². The third-order valence-corrected chi connectivity index (χ3v) is 8.23. The Morgan fingerprint density at radius 3 is 2.65 bits per heavy atom. The van der Waals surface area contributed by atoms with Crippen molar-refractivity contribution in [2.45, 2.75) is 65.3 Å². The Hall–Kier alpha value is -3.43. The molecule has 0 spiro atoms. The summed E-state index contributed by atoms with van der Waals surface area (Å²) >= 11 is 0. The van der Waals surface area contributed by atoms with Crippen LogP contribution >= 0.6 is 0 Å². The van der Waals surface area contributed by atoms with Gasteiger partial charge in [0.05, 0.1) is 11.6 Å². The minimum atomic E-state index is -1.15. The molecule has 0 aliphatic rings. The van der Waals surface area contributed by atoms with E-state index in [4.69, 9.17) is 4.74 Å². The smallest absolute Gasteiger partial charge is 0.412 e. The first-order valence-corrected chi connectivity index (χ1v) is 16.5. The van der Waals surface area contributed by atoms with Crippen molar-refractivity contribution in [3.8, 4) is 0 Å². The van der Waals surface area contributed by atoms with E-state index in [1.165, 1.54) is 10.5 Å². The predicted octanol–water partition coefficient (Wildman–Crippen LogP) is 6.34. The molecule has 196 valence electrons. The average Bonchev–Trinajstić information content (AvgIpc) is 3.47. The summed E-state index contributed by atoms with van der Waals surface area (Å²) in [5, 5.41) is 15.8. The quantitative estimate of drug-likeness (QED) is 0.185. The standard InChI is InChI=1S/C28H37N5O3Si/c1-21-17-25(18-24-19-32(30-26(21)24)20-36-15-16-37(3,4)5)33(28(34)35)22(2)27-29-12-14-31(27)13-11-23-9-7-6-8-10-23/h6-10,12,14,17-19,22H,11,13,15-16,20H2,1-5H3,(H,34,35). The Morgan fingerprint density at radius 1 is 1.19 bits per heavy atom. The highest BCUT2D eigenvalue weighted by molar-refractivity contribution is 6.76. The maximum absolute atomic E-state index is 12.5. The molecule has 4 rings (SSSR count). The van der Waals surface area contributed by atoms with E-state index in [9.17, 15) is 9.90 Å². The third-order valence-electron chi connectivity index (χ3n) is 6.53. The lowest BCUT2D eigenvalue weighted by molar-refractivity contribution is 0.0791. The maximum atomic E-state index is 12.5. The van der Waals surface area contributed by atoms with Gasteiger partial charge in [-0.2, -0.15) is 5.10 Å². The van der Waals surface area contributed by atoms with Gasteiger partial charge in [-0.1, -0.05) is 50.0 Å². The second-order valence-electron chi connectivity index (χ2n) is 10.8. The van der Waals surface area contributed by atoms with Gasteiger partial charge in [0.25, 0.3) is 0 Å². The van der Waals surface area contributed by atoms with Crippen LogP contribution in [-0.4, -0.2) is 45.2 Å². The summed E-state index contributed by atoms with van der Waals surface area (Å²) in [5.74, 6) is 0.711. The van der Waals surface area contributed by atoms with E-state index in [0.717, 1.165) is 42.1 Å². The molecule has 2 aromatic carbocycles. The fourth-order valence-electron chi connectivity index (χ4n) is 4.47. The number of carboxylic acid groups (broad SMARTS) is 1. The molecule has 1 N–H and O–H groups in total. The first-order valence-electron chi connectivity index (χ1n) is 12.7. The van der Waals surface area contributed by atoms with E-state index >= 15 is 0 Å². The highest BCUT2D eigenvalue weighted by Gasteiger charge is 2.27. The highest BCUT2D eigenvalue weighted by Crippen LogP contribution is 2.31. The number of nitrogens with zero attached hydrogens (tertiary/aromatic N) is 5. The van der Waals surface area contributed by atoms with Gasteiger partial charge in [0.15, 0.2) is 0 Å². The number of ether oxygens (including phenoxy) is 1. The van der Waals surface area contributed by atoms with Crippen LogP contribution in [0.5, 0.6) is 0 Å². The average molecular weight is 520 g/mol. The molecule has 4 aromatic rings. The zero-order valence-electron chi connectivity index (χ0n) is 22.4. The summed E-state index contributed by atoms with van der Waals surface area (Å²) in [6.45, 7) is 12.6. The van der Waals surface area contributed by atoms with Crippen molar-refractivity contribution in [3.05, 3.63) is 78.0 Å². The molecular formula is C28H37N5O3Si. The number of imidazole rings is 1. The zero-order chi connectivity index (χ0) is 26.6. The van der Waals surface area contributed by atoms with Gasteiger partial charge in [0.2, 0.25) is 0 Å². The molecule has 9 heteroatoms. The minimum Gasteiger partial charge on any atom is -0.465 e. The number of carbonyl (C=O) groups is 1. The van der Waals surface area contributed by atoms with Gasteiger partial charge in [-0.25, -0.2) is 14.5 Å². The summed E-state index contributed by atoms with van der Waals surface area (Å²) in [7, 11) is -1.15. The van der Waals surface area contributed by atoms with E-state index in [1.54, 1.807) is 10.9 Å². The molecular weight excluding hydrogens is 482 g/mol. The molecule has 8 nitrogen and oxygen atoms in total. The van der Waals surface area contributed by atoms with Crippen molar-refractivity contribution >= 4 is 30.8 Å². The van der Waals surface area contributed by atoms with Crippen molar-refractivity contribution in [2.24, 2.45) is 0 Å². The zero-order valence-corrected chi connectivity index (χ0v) is 23.4. The number of benzene rings is 2.